The topological polar surface area (TPSA) is 65.2 Å². The van der Waals surface area contributed by atoms with Crippen LogP contribution < -0.4 is 4.74 Å². The molecular formula is C10H6IN5O. The zero-order valence-corrected chi connectivity index (χ0v) is 10.6. The highest BCUT2D eigenvalue weighted by Gasteiger charge is 2.02. The van der Waals surface area contributed by atoms with Crippen LogP contribution in [0.5, 0.6) is 11.6 Å². The number of hydrogen-bond acceptors (Lipinski definition) is 5. The summed E-state index contributed by atoms with van der Waals surface area (Å²) >= 11 is 2.24. The number of nitrogens with zero attached hydrogens (tertiary/aromatic N) is 5. The lowest BCUT2D eigenvalue weighted by Crippen LogP contribution is -1.96. The van der Waals surface area contributed by atoms with E-state index in [1.165, 1.54) is 4.63 Å². The van der Waals surface area contributed by atoms with Gasteiger partial charge in [-0.15, -0.1) is 14.8 Å². The van der Waals surface area contributed by atoms with E-state index in [-0.39, 0.29) is 0 Å². The average molecular weight is 339 g/mol. The number of fused-ring (bicyclic) bond motifs is 1. The highest BCUT2D eigenvalue weighted by atomic mass is 127. The third-order valence-electron chi connectivity index (χ3n) is 2.08. The highest BCUT2D eigenvalue weighted by Crippen LogP contribution is 2.19. The quantitative estimate of drug-likeness (QED) is 0.668. The molecule has 1 aromatic carbocycles. The van der Waals surface area contributed by atoms with Gasteiger partial charge < -0.3 is 4.74 Å². The Bertz CT molecular complexity index is 651. The minimum absolute atomic E-state index is 0.450. The van der Waals surface area contributed by atoms with Crippen LogP contribution in [-0.4, -0.2) is 25.3 Å². The van der Waals surface area contributed by atoms with Gasteiger partial charge in [0.25, 0.3) is 0 Å². The number of rotatable bonds is 2. The van der Waals surface area contributed by atoms with Crippen molar-refractivity contribution in [3.8, 4) is 11.6 Å². The molecule has 2 aromatic heterocycles. The predicted molar refractivity (Wildman–Crippen MR) is 67.8 cm³/mol. The van der Waals surface area contributed by atoms with Gasteiger partial charge in [-0.1, -0.05) is 0 Å². The lowest BCUT2D eigenvalue weighted by Gasteiger charge is -2.03. The number of ether oxygens (including phenoxy) is 1. The molecule has 3 rings (SSSR count). The zero-order valence-electron chi connectivity index (χ0n) is 8.49. The lowest BCUT2D eigenvalue weighted by molar-refractivity contribution is 0.447. The second kappa shape index (κ2) is 4.24. The first kappa shape index (κ1) is 10.4. The van der Waals surface area contributed by atoms with Crippen molar-refractivity contribution in [1.82, 2.24) is 25.3 Å². The van der Waals surface area contributed by atoms with Gasteiger partial charge >= 0.3 is 0 Å². The summed E-state index contributed by atoms with van der Waals surface area (Å²) < 4.78 is 8.05. The minimum Gasteiger partial charge on any atom is -0.438 e. The SMILES string of the molecule is Ic1ccc(Oc2ccc3nnnn3n2)cc1. The molecule has 84 valence electrons. The van der Waals surface area contributed by atoms with Crippen LogP contribution in [0.15, 0.2) is 36.4 Å². The number of benzene rings is 1. The van der Waals surface area contributed by atoms with E-state index >= 15 is 0 Å². The standard InChI is InChI=1S/C10H6IN5O/c11-7-1-3-8(4-2-7)17-10-6-5-9-12-14-15-16(9)13-10/h1-6H. The molecular weight excluding hydrogens is 333 g/mol. The van der Waals surface area contributed by atoms with Crippen molar-refractivity contribution in [2.24, 2.45) is 0 Å². The first-order chi connectivity index (χ1) is 8.31. The number of hydrogen-bond donors (Lipinski definition) is 0. The zero-order chi connectivity index (χ0) is 11.7. The molecule has 0 aliphatic carbocycles. The smallest absolute Gasteiger partial charge is 0.239 e. The Morgan fingerprint density at radius 1 is 1.06 bits per heavy atom. The molecule has 0 spiro atoms. The highest BCUT2D eigenvalue weighted by molar-refractivity contribution is 14.1. The van der Waals surface area contributed by atoms with Crippen molar-refractivity contribution >= 4 is 28.2 Å². The summed E-state index contributed by atoms with van der Waals surface area (Å²) in [7, 11) is 0. The first-order valence-corrected chi connectivity index (χ1v) is 5.88. The van der Waals surface area contributed by atoms with Crippen molar-refractivity contribution in [3.63, 3.8) is 0 Å². The van der Waals surface area contributed by atoms with Crippen LogP contribution in [0.3, 0.4) is 0 Å². The van der Waals surface area contributed by atoms with E-state index in [4.69, 9.17) is 4.74 Å². The van der Waals surface area contributed by atoms with Gasteiger partial charge in [-0.3, -0.25) is 0 Å². The molecule has 6 nitrogen and oxygen atoms in total. The van der Waals surface area contributed by atoms with E-state index in [1.807, 2.05) is 24.3 Å². The first-order valence-electron chi connectivity index (χ1n) is 4.80. The van der Waals surface area contributed by atoms with Gasteiger partial charge in [-0.25, -0.2) is 0 Å². The number of halogens is 1. The Morgan fingerprint density at radius 2 is 1.88 bits per heavy atom. The Morgan fingerprint density at radius 3 is 2.71 bits per heavy atom. The van der Waals surface area contributed by atoms with E-state index < -0.39 is 0 Å². The molecule has 0 bridgehead atoms. The van der Waals surface area contributed by atoms with Crippen LogP contribution in [0.25, 0.3) is 5.65 Å². The van der Waals surface area contributed by atoms with Gasteiger partial charge in [0.1, 0.15) is 5.75 Å². The largest absolute Gasteiger partial charge is 0.438 e. The lowest BCUT2D eigenvalue weighted by atomic mass is 10.3. The van der Waals surface area contributed by atoms with Crippen molar-refractivity contribution in [2.75, 3.05) is 0 Å². The number of aromatic nitrogens is 5. The summed E-state index contributed by atoms with van der Waals surface area (Å²) in [5.41, 5.74) is 0.583. The summed E-state index contributed by atoms with van der Waals surface area (Å²) in [4.78, 5) is 0. The maximum atomic E-state index is 5.58. The Hall–Kier alpha value is -1.77. The Kier molecular flexibility index (Phi) is 2.59. The van der Waals surface area contributed by atoms with Gasteiger partial charge in [0.05, 0.1) is 0 Å². The van der Waals surface area contributed by atoms with Crippen LogP contribution in [0.4, 0.5) is 0 Å². The van der Waals surface area contributed by atoms with Gasteiger partial charge in [0.15, 0.2) is 5.65 Å². The molecule has 0 N–H and O–H groups in total. The fourth-order valence-corrected chi connectivity index (χ4v) is 1.67. The summed E-state index contributed by atoms with van der Waals surface area (Å²) in [6, 6.07) is 11.2. The molecule has 0 radical (unpaired) electrons. The molecule has 2 heterocycles. The Balaban J connectivity index is 1.91. The number of tetrazole rings is 1. The Labute approximate surface area is 110 Å². The summed E-state index contributed by atoms with van der Waals surface area (Å²) in [5.74, 6) is 1.18. The van der Waals surface area contributed by atoms with E-state index in [1.54, 1.807) is 12.1 Å². The maximum absolute atomic E-state index is 5.58. The van der Waals surface area contributed by atoms with Gasteiger partial charge in [-0.2, -0.15) is 0 Å². The molecule has 0 fully saturated rings. The average Bonchev–Trinajstić information content (AvgIpc) is 2.79. The van der Waals surface area contributed by atoms with Crippen molar-refractivity contribution in [2.45, 2.75) is 0 Å². The molecule has 0 aliphatic rings. The molecule has 0 saturated carbocycles. The molecule has 0 atom stereocenters. The molecule has 0 amide bonds. The van der Waals surface area contributed by atoms with Crippen LogP contribution in [0.2, 0.25) is 0 Å². The van der Waals surface area contributed by atoms with E-state index in [0.717, 1.165) is 9.32 Å². The predicted octanol–water partition coefficient (Wildman–Crippen LogP) is 1.92. The molecule has 0 saturated heterocycles. The van der Waals surface area contributed by atoms with Crippen LogP contribution in [0.1, 0.15) is 0 Å². The molecule has 3 aromatic rings. The van der Waals surface area contributed by atoms with E-state index in [0.29, 0.717) is 11.5 Å². The second-order valence-electron chi connectivity index (χ2n) is 3.25. The second-order valence-corrected chi connectivity index (χ2v) is 4.50. The maximum Gasteiger partial charge on any atom is 0.239 e. The molecule has 0 aliphatic heterocycles. The van der Waals surface area contributed by atoms with Gasteiger partial charge in [0, 0.05) is 9.64 Å². The van der Waals surface area contributed by atoms with Gasteiger partial charge in [-0.05, 0) is 63.3 Å². The van der Waals surface area contributed by atoms with Crippen LogP contribution in [0, 0.1) is 3.57 Å². The summed E-state index contributed by atoms with van der Waals surface area (Å²) in [5, 5.41) is 15.1. The van der Waals surface area contributed by atoms with Crippen molar-refractivity contribution in [1.29, 1.82) is 0 Å². The van der Waals surface area contributed by atoms with Crippen LogP contribution in [-0.2, 0) is 0 Å². The monoisotopic (exact) mass is 339 g/mol. The summed E-state index contributed by atoms with van der Waals surface area (Å²) in [6.45, 7) is 0. The third kappa shape index (κ3) is 2.18. The normalized spacial score (nSPS) is 10.6. The fraction of sp³-hybridized carbons (Fsp3) is 0. The van der Waals surface area contributed by atoms with Gasteiger partial charge in [0.2, 0.25) is 5.88 Å². The van der Waals surface area contributed by atoms with Crippen LogP contribution >= 0.6 is 22.6 Å². The molecule has 0 unspecified atom stereocenters. The van der Waals surface area contributed by atoms with E-state index in [9.17, 15) is 0 Å². The van der Waals surface area contributed by atoms with Crippen molar-refractivity contribution in [3.05, 3.63) is 40.0 Å². The minimum atomic E-state index is 0.450. The fourth-order valence-electron chi connectivity index (χ4n) is 1.31. The summed E-state index contributed by atoms with van der Waals surface area (Å²) in [6.07, 6.45) is 0. The molecule has 17 heavy (non-hydrogen) atoms. The van der Waals surface area contributed by atoms with Crippen molar-refractivity contribution < 1.29 is 4.74 Å². The molecule has 7 heteroatoms. The van der Waals surface area contributed by atoms with E-state index in [2.05, 4.69) is 43.2 Å². The third-order valence-corrected chi connectivity index (χ3v) is 2.80.